The average Bonchev–Trinajstić information content (AvgIpc) is 3.00. The Kier molecular flexibility index (Phi) is 8.61. The maximum atomic E-state index is 14.0. The predicted octanol–water partition coefficient (Wildman–Crippen LogP) is 3.78. The van der Waals surface area contributed by atoms with Crippen molar-refractivity contribution in [1.29, 1.82) is 0 Å². The summed E-state index contributed by atoms with van der Waals surface area (Å²) >= 11 is 0. The molecule has 1 aliphatic carbocycles. The van der Waals surface area contributed by atoms with Crippen LogP contribution in [0.25, 0.3) is 6.08 Å². The van der Waals surface area contributed by atoms with Crippen molar-refractivity contribution in [1.82, 2.24) is 10.6 Å². The van der Waals surface area contributed by atoms with Gasteiger partial charge in [0.1, 0.15) is 11.5 Å². The van der Waals surface area contributed by atoms with Crippen molar-refractivity contribution in [2.24, 2.45) is 5.92 Å². The van der Waals surface area contributed by atoms with Crippen molar-refractivity contribution in [3.63, 3.8) is 0 Å². The normalized spacial score (nSPS) is 15.6. The molecular weight excluding hydrogens is 564 g/mol. The van der Waals surface area contributed by atoms with Crippen LogP contribution in [-0.2, 0) is 22.4 Å². The summed E-state index contributed by atoms with van der Waals surface area (Å²) in [6, 6.07) is 19.9. The average molecular weight is 597 g/mol. The molecule has 0 saturated carbocycles. The van der Waals surface area contributed by atoms with E-state index in [0.29, 0.717) is 29.5 Å². The van der Waals surface area contributed by atoms with E-state index in [9.17, 15) is 40.2 Å². The summed E-state index contributed by atoms with van der Waals surface area (Å²) in [5.41, 5.74) is 3.09. The summed E-state index contributed by atoms with van der Waals surface area (Å²) in [5.74, 6) is -4.38. The van der Waals surface area contributed by atoms with Gasteiger partial charge < -0.3 is 41.3 Å². The molecule has 44 heavy (non-hydrogen) atoms. The Hall–Kier alpha value is -5.64. The van der Waals surface area contributed by atoms with E-state index in [-0.39, 0.29) is 35.9 Å². The molecule has 5 rings (SSSR count). The van der Waals surface area contributed by atoms with E-state index in [4.69, 9.17) is 0 Å². The number of amides is 2. The molecule has 0 heterocycles. The third kappa shape index (κ3) is 6.54. The zero-order valence-corrected chi connectivity index (χ0v) is 23.6. The van der Waals surface area contributed by atoms with Gasteiger partial charge in [0.2, 0.25) is 11.8 Å². The largest absolute Gasteiger partial charge is 0.508 e. The molecule has 0 spiro atoms. The smallest absolute Gasteiger partial charge is 0.248 e. The first-order valence-electron chi connectivity index (χ1n) is 14.0. The fourth-order valence-corrected chi connectivity index (χ4v) is 5.41. The van der Waals surface area contributed by atoms with Crippen LogP contribution in [0.4, 0.5) is 0 Å². The minimum Gasteiger partial charge on any atom is -0.508 e. The predicted molar refractivity (Wildman–Crippen MR) is 162 cm³/mol. The molecule has 0 unspecified atom stereocenters. The molecule has 226 valence electrons. The van der Waals surface area contributed by atoms with Crippen LogP contribution in [-0.4, -0.2) is 55.5 Å². The van der Waals surface area contributed by atoms with Gasteiger partial charge in [-0.2, -0.15) is 0 Å². The summed E-state index contributed by atoms with van der Waals surface area (Å²) in [6.07, 6.45) is 2.42. The highest BCUT2D eigenvalue weighted by molar-refractivity contribution is 6.06. The van der Waals surface area contributed by atoms with Gasteiger partial charge in [0, 0.05) is 24.6 Å². The van der Waals surface area contributed by atoms with Crippen molar-refractivity contribution < 1.29 is 40.2 Å². The lowest BCUT2D eigenvalue weighted by Gasteiger charge is -2.34. The Balaban J connectivity index is 1.49. The van der Waals surface area contributed by atoms with Crippen LogP contribution in [0.15, 0.2) is 84.4 Å². The number of carbonyl (C=O) groups excluding carboxylic acids is 2. The maximum Gasteiger partial charge on any atom is 0.248 e. The van der Waals surface area contributed by atoms with Crippen molar-refractivity contribution in [2.75, 3.05) is 13.1 Å². The van der Waals surface area contributed by atoms with Crippen molar-refractivity contribution in [3.05, 3.63) is 112 Å². The first-order valence-corrected chi connectivity index (χ1v) is 14.0. The molecular formula is C34H32N2O8. The second kappa shape index (κ2) is 12.7. The lowest BCUT2D eigenvalue weighted by molar-refractivity contribution is -0.127. The summed E-state index contributed by atoms with van der Waals surface area (Å²) in [5, 5.41) is 65.8. The molecule has 8 N–H and O–H groups in total. The Labute approximate surface area is 253 Å². The third-order valence-corrected chi connectivity index (χ3v) is 7.68. The first kappa shape index (κ1) is 29.8. The Morgan fingerprint density at radius 3 is 1.75 bits per heavy atom. The van der Waals surface area contributed by atoms with E-state index in [1.54, 1.807) is 48.5 Å². The number of fused-ring (bicyclic) bond motifs is 1. The molecule has 0 saturated heterocycles. The van der Waals surface area contributed by atoms with E-state index in [1.165, 1.54) is 36.4 Å². The van der Waals surface area contributed by atoms with Crippen LogP contribution < -0.4 is 10.6 Å². The lowest BCUT2D eigenvalue weighted by Crippen LogP contribution is -2.42. The van der Waals surface area contributed by atoms with Crippen LogP contribution >= 0.6 is 0 Å². The third-order valence-electron chi connectivity index (χ3n) is 7.68. The van der Waals surface area contributed by atoms with Gasteiger partial charge in [0.05, 0.1) is 5.92 Å². The molecule has 0 bridgehead atoms. The van der Waals surface area contributed by atoms with Crippen molar-refractivity contribution in [2.45, 2.75) is 18.8 Å². The van der Waals surface area contributed by atoms with Crippen molar-refractivity contribution >= 4 is 17.9 Å². The van der Waals surface area contributed by atoms with Crippen LogP contribution in [0.1, 0.15) is 33.7 Å². The lowest BCUT2D eigenvalue weighted by atomic mass is 9.70. The van der Waals surface area contributed by atoms with Gasteiger partial charge in [-0.3, -0.25) is 9.59 Å². The quantitative estimate of drug-likeness (QED) is 0.134. The number of carbonyl (C=O) groups is 2. The zero-order chi connectivity index (χ0) is 31.4. The number of aromatic hydroxyl groups is 6. The molecule has 10 nitrogen and oxygen atoms in total. The highest BCUT2D eigenvalue weighted by atomic mass is 16.3. The number of nitrogens with one attached hydrogen (secondary N) is 2. The minimum atomic E-state index is -1.12. The number of rotatable bonds is 9. The Morgan fingerprint density at radius 1 is 0.614 bits per heavy atom. The number of benzene rings is 4. The number of hydrogen-bond donors (Lipinski definition) is 8. The standard InChI is InChI=1S/C34H32N2O8/c37-23-6-1-19(2-7-23)11-13-35-33(43)26-15-22-17-29(41)30(42)18-25(22)31(21-5-10-27(39)28(40)16-21)32(26)34(44)36-14-12-20-3-8-24(38)9-4-20/h1-10,15-18,31-32,37-42H,11-14H2,(H,35,43)(H,36,44)/t31-,32-/m1/s1. The molecule has 10 heteroatoms. The van der Waals surface area contributed by atoms with Gasteiger partial charge in [0.15, 0.2) is 23.0 Å². The van der Waals surface area contributed by atoms with Gasteiger partial charge in [-0.25, -0.2) is 0 Å². The Bertz CT molecular complexity index is 1710. The number of phenols is 6. The van der Waals surface area contributed by atoms with Crippen LogP contribution in [0.2, 0.25) is 0 Å². The number of hydrogen-bond acceptors (Lipinski definition) is 8. The molecule has 4 aromatic carbocycles. The summed E-state index contributed by atoms with van der Waals surface area (Å²) in [7, 11) is 0. The van der Waals surface area contributed by atoms with Gasteiger partial charge in [-0.05, 0) is 95.3 Å². The van der Waals surface area contributed by atoms with E-state index >= 15 is 0 Å². The second-order valence-electron chi connectivity index (χ2n) is 10.7. The van der Waals surface area contributed by atoms with Gasteiger partial charge in [-0.1, -0.05) is 30.3 Å². The van der Waals surface area contributed by atoms with Gasteiger partial charge in [0.25, 0.3) is 0 Å². The Morgan fingerprint density at radius 2 is 1.16 bits per heavy atom. The minimum absolute atomic E-state index is 0.105. The SMILES string of the molecule is O=C(NCCc1ccc(O)cc1)C1=Cc2cc(O)c(O)cc2[C@@H](c2ccc(O)c(O)c2)[C@@H]1C(=O)NCCc1ccc(O)cc1. The fraction of sp³-hybridized carbons (Fsp3) is 0.176. The zero-order valence-electron chi connectivity index (χ0n) is 23.6. The van der Waals surface area contributed by atoms with Gasteiger partial charge in [-0.15, -0.1) is 0 Å². The maximum absolute atomic E-state index is 14.0. The molecule has 4 aromatic rings. The topological polar surface area (TPSA) is 180 Å². The summed E-state index contributed by atoms with van der Waals surface area (Å²) in [4.78, 5) is 27.7. The summed E-state index contributed by atoms with van der Waals surface area (Å²) < 4.78 is 0. The molecule has 0 fully saturated rings. The molecule has 0 radical (unpaired) electrons. The van der Waals surface area contributed by atoms with Gasteiger partial charge >= 0.3 is 0 Å². The second-order valence-corrected chi connectivity index (χ2v) is 10.7. The first-order chi connectivity index (χ1) is 21.1. The number of phenolic OH excluding ortho intramolecular Hbond substituents is 6. The molecule has 2 amide bonds. The monoisotopic (exact) mass is 596 g/mol. The van der Waals surface area contributed by atoms with E-state index in [1.807, 2.05) is 0 Å². The van der Waals surface area contributed by atoms with Crippen LogP contribution in [0.3, 0.4) is 0 Å². The van der Waals surface area contributed by atoms with E-state index in [2.05, 4.69) is 10.6 Å². The van der Waals surface area contributed by atoms with Crippen LogP contribution in [0.5, 0.6) is 34.5 Å². The molecule has 0 aromatic heterocycles. The van der Waals surface area contributed by atoms with E-state index < -0.39 is 40.9 Å². The van der Waals surface area contributed by atoms with E-state index in [0.717, 1.165) is 11.1 Å². The highest BCUT2D eigenvalue weighted by Gasteiger charge is 2.41. The summed E-state index contributed by atoms with van der Waals surface area (Å²) in [6.45, 7) is 0.450. The molecule has 0 aliphatic heterocycles. The molecule has 1 aliphatic rings. The fourth-order valence-electron chi connectivity index (χ4n) is 5.41. The highest BCUT2D eigenvalue weighted by Crippen LogP contribution is 2.47. The van der Waals surface area contributed by atoms with Crippen molar-refractivity contribution in [3.8, 4) is 34.5 Å². The van der Waals surface area contributed by atoms with Crippen LogP contribution in [0, 0.1) is 5.92 Å². The molecule has 2 atom stereocenters.